The summed E-state index contributed by atoms with van der Waals surface area (Å²) in [6, 6.07) is 12.5. The van der Waals surface area contributed by atoms with Gasteiger partial charge in [-0.2, -0.15) is 0 Å². The minimum Gasteiger partial charge on any atom is -0.237 e. The van der Waals surface area contributed by atoms with Crippen molar-refractivity contribution in [3.8, 4) is 0 Å². The van der Waals surface area contributed by atoms with Crippen LogP contribution in [0.15, 0.2) is 36.4 Å². The molecule has 1 aromatic heterocycles. The van der Waals surface area contributed by atoms with Crippen LogP contribution in [0.5, 0.6) is 0 Å². The van der Waals surface area contributed by atoms with E-state index in [0.717, 1.165) is 24.4 Å². The van der Waals surface area contributed by atoms with E-state index in [4.69, 9.17) is 16.6 Å². The summed E-state index contributed by atoms with van der Waals surface area (Å²) in [5.74, 6) is 1.54. The molecule has 0 spiro atoms. The summed E-state index contributed by atoms with van der Waals surface area (Å²) in [5.41, 5.74) is 2.48. The Hall–Kier alpha value is -1.41. The lowest BCUT2D eigenvalue weighted by atomic mass is 9.95. The van der Waals surface area contributed by atoms with Gasteiger partial charge >= 0.3 is 0 Å². The van der Waals surface area contributed by atoms with E-state index in [1.54, 1.807) is 0 Å². The van der Waals surface area contributed by atoms with Crippen LogP contribution in [0.3, 0.4) is 0 Å². The van der Waals surface area contributed by atoms with Crippen molar-refractivity contribution in [2.75, 3.05) is 0 Å². The van der Waals surface area contributed by atoms with Gasteiger partial charge in [0.25, 0.3) is 0 Å². The van der Waals surface area contributed by atoms with Gasteiger partial charge in [0.2, 0.25) is 0 Å². The standard InChI is InChI=1S/C16H15ClN2/c17-14-10-13(11-6-7-11)18-15(19-14)16(8-9-16)12-4-2-1-3-5-12/h1-5,10-11H,6-9H2. The van der Waals surface area contributed by atoms with Gasteiger partial charge in [0.05, 0.1) is 5.41 Å². The number of halogens is 1. The monoisotopic (exact) mass is 270 g/mol. The summed E-state index contributed by atoms with van der Waals surface area (Å²) in [4.78, 5) is 9.32. The normalized spacial score (nSPS) is 20.3. The second-order valence-electron chi connectivity index (χ2n) is 5.66. The first-order valence-electron chi connectivity index (χ1n) is 6.88. The van der Waals surface area contributed by atoms with Gasteiger partial charge in [-0.3, -0.25) is 0 Å². The van der Waals surface area contributed by atoms with Gasteiger partial charge in [-0.25, -0.2) is 9.97 Å². The predicted molar refractivity (Wildman–Crippen MR) is 75.5 cm³/mol. The molecule has 1 heterocycles. The first-order valence-corrected chi connectivity index (χ1v) is 7.26. The van der Waals surface area contributed by atoms with Crippen molar-refractivity contribution in [1.82, 2.24) is 9.97 Å². The zero-order chi connectivity index (χ0) is 12.9. The number of hydrogen-bond donors (Lipinski definition) is 0. The average molecular weight is 271 g/mol. The van der Waals surface area contributed by atoms with Gasteiger partial charge in [-0.05, 0) is 37.3 Å². The molecule has 1 aromatic carbocycles. The Morgan fingerprint density at radius 1 is 1.05 bits per heavy atom. The molecule has 0 radical (unpaired) electrons. The Morgan fingerprint density at radius 2 is 1.79 bits per heavy atom. The van der Waals surface area contributed by atoms with Crippen LogP contribution < -0.4 is 0 Å². The largest absolute Gasteiger partial charge is 0.237 e. The van der Waals surface area contributed by atoms with Gasteiger partial charge in [-0.15, -0.1) is 0 Å². The van der Waals surface area contributed by atoms with Crippen molar-refractivity contribution in [2.45, 2.75) is 37.0 Å². The molecule has 0 bridgehead atoms. The summed E-state index contributed by atoms with van der Waals surface area (Å²) in [7, 11) is 0. The summed E-state index contributed by atoms with van der Waals surface area (Å²) in [5, 5.41) is 0.592. The number of benzene rings is 1. The predicted octanol–water partition coefficient (Wildman–Crippen LogP) is 4.09. The zero-order valence-corrected chi connectivity index (χ0v) is 11.4. The third kappa shape index (κ3) is 1.95. The lowest BCUT2D eigenvalue weighted by Crippen LogP contribution is -2.14. The Morgan fingerprint density at radius 3 is 2.42 bits per heavy atom. The SMILES string of the molecule is Clc1cc(C2CC2)nc(C2(c3ccccc3)CC2)n1. The van der Waals surface area contributed by atoms with Crippen molar-refractivity contribution < 1.29 is 0 Å². The molecular formula is C16H15ClN2. The Balaban J connectivity index is 1.80. The minimum atomic E-state index is 0.0236. The van der Waals surface area contributed by atoms with E-state index in [0.29, 0.717) is 11.1 Å². The number of nitrogens with zero attached hydrogens (tertiary/aromatic N) is 2. The summed E-state index contributed by atoms with van der Waals surface area (Å²) in [6.07, 6.45) is 4.74. The van der Waals surface area contributed by atoms with Gasteiger partial charge in [-0.1, -0.05) is 41.9 Å². The van der Waals surface area contributed by atoms with Crippen LogP contribution in [-0.4, -0.2) is 9.97 Å². The van der Waals surface area contributed by atoms with Crippen LogP contribution in [-0.2, 0) is 5.41 Å². The molecule has 0 amide bonds. The molecule has 2 nitrogen and oxygen atoms in total. The molecular weight excluding hydrogens is 256 g/mol. The van der Waals surface area contributed by atoms with Crippen molar-refractivity contribution in [3.63, 3.8) is 0 Å². The van der Waals surface area contributed by atoms with E-state index in [-0.39, 0.29) is 5.41 Å². The Bertz CT molecular complexity index is 616. The maximum Gasteiger partial charge on any atom is 0.140 e. The molecule has 96 valence electrons. The molecule has 2 aliphatic rings. The summed E-state index contributed by atoms with van der Waals surface area (Å²) < 4.78 is 0. The Labute approximate surface area is 117 Å². The third-order valence-electron chi connectivity index (χ3n) is 4.21. The molecule has 0 saturated heterocycles. The van der Waals surface area contributed by atoms with Gasteiger partial charge in [0.1, 0.15) is 11.0 Å². The van der Waals surface area contributed by atoms with Crippen LogP contribution in [0.4, 0.5) is 0 Å². The average Bonchev–Trinajstić information content (AvgIpc) is 3.30. The van der Waals surface area contributed by atoms with Crippen molar-refractivity contribution in [1.29, 1.82) is 0 Å². The lowest BCUT2D eigenvalue weighted by molar-refractivity contribution is 0.739. The topological polar surface area (TPSA) is 25.8 Å². The van der Waals surface area contributed by atoms with Crippen molar-refractivity contribution in [2.24, 2.45) is 0 Å². The summed E-state index contributed by atoms with van der Waals surface area (Å²) >= 11 is 6.19. The number of rotatable bonds is 3. The first-order chi connectivity index (χ1) is 9.28. The fraction of sp³-hybridized carbons (Fsp3) is 0.375. The highest BCUT2D eigenvalue weighted by atomic mass is 35.5. The second-order valence-corrected chi connectivity index (χ2v) is 6.05. The van der Waals surface area contributed by atoms with Crippen molar-refractivity contribution >= 4 is 11.6 Å². The van der Waals surface area contributed by atoms with Crippen LogP contribution in [0.1, 0.15) is 48.7 Å². The Kier molecular flexibility index (Phi) is 2.43. The van der Waals surface area contributed by atoms with Crippen LogP contribution in [0.25, 0.3) is 0 Å². The highest BCUT2D eigenvalue weighted by molar-refractivity contribution is 6.29. The molecule has 19 heavy (non-hydrogen) atoms. The lowest BCUT2D eigenvalue weighted by Gasteiger charge is -2.15. The second kappa shape index (κ2) is 4.04. The van der Waals surface area contributed by atoms with Crippen molar-refractivity contribution in [3.05, 3.63) is 58.6 Å². The third-order valence-corrected chi connectivity index (χ3v) is 4.41. The maximum atomic E-state index is 6.19. The maximum absolute atomic E-state index is 6.19. The van der Waals surface area contributed by atoms with Gasteiger partial charge in [0, 0.05) is 11.6 Å². The van der Waals surface area contributed by atoms with E-state index >= 15 is 0 Å². The highest BCUT2D eigenvalue weighted by Gasteiger charge is 2.49. The molecule has 2 aromatic rings. The molecule has 3 heteroatoms. The highest BCUT2D eigenvalue weighted by Crippen LogP contribution is 2.52. The molecule has 4 rings (SSSR count). The van der Waals surface area contributed by atoms with E-state index < -0.39 is 0 Å². The van der Waals surface area contributed by atoms with Crippen LogP contribution in [0.2, 0.25) is 5.15 Å². The molecule has 2 fully saturated rings. The minimum absolute atomic E-state index is 0.0236. The molecule has 0 unspecified atom stereocenters. The first kappa shape index (κ1) is 11.4. The quantitative estimate of drug-likeness (QED) is 0.785. The number of aromatic nitrogens is 2. The zero-order valence-electron chi connectivity index (χ0n) is 10.6. The summed E-state index contributed by atoms with van der Waals surface area (Å²) in [6.45, 7) is 0. The van der Waals surface area contributed by atoms with Gasteiger partial charge in [0.15, 0.2) is 0 Å². The smallest absolute Gasteiger partial charge is 0.140 e. The van der Waals surface area contributed by atoms with E-state index in [1.807, 2.05) is 12.1 Å². The van der Waals surface area contributed by atoms with E-state index in [9.17, 15) is 0 Å². The van der Waals surface area contributed by atoms with Crippen LogP contribution >= 0.6 is 11.6 Å². The fourth-order valence-corrected chi connectivity index (χ4v) is 2.95. The fourth-order valence-electron chi connectivity index (χ4n) is 2.76. The van der Waals surface area contributed by atoms with Crippen LogP contribution in [0, 0.1) is 0 Å². The van der Waals surface area contributed by atoms with E-state index in [1.165, 1.54) is 18.4 Å². The van der Waals surface area contributed by atoms with E-state index in [2.05, 4.69) is 29.2 Å². The molecule has 0 atom stereocenters. The van der Waals surface area contributed by atoms with Gasteiger partial charge < -0.3 is 0 Å². The number of hydrogen-bond acceptors (Lipinski definition) is 2. The molecule has 2 saturated carbocycles. The molecule has 2 aliphatic carbocycles. The molecule has 0 N–H and O–H groups in total. The molecule has 0 aliphatic heterocycles.